The van der Waals surface area contributed by atoms with E-state index in [1.807, 2.05) is 6.92 Å². The Hall–Kier alpha value is -3.46. The number of hydrogen-bond donors (Lipinski definition) is 1. The lowest BCUT2D eigenvalue weighted by Gasteiger charge is -2.25. The van der Waals surface area contributed by atoms with Crippen molar-refractivity contribution >= 4 is 34.2 Å². The van der Waals surface area contributed by atoms with Crippen LogP contribution in [-0.4, -0.2) is 23.7 Å². The second-order valence-electron chi connectivity index (χ2n) is 6.88. The lowest BCUT2D eigenvalue weighted by Crippen LogP contribution is -2.43. The van der Waals surface area contributed by atoms with E-state index in [1.54, 1.807) is 35.2 Å². The van der Waals surface area contributed by atoms with Crippen molar-refractivity contribution in [3.05, 3.63) is 73.5 Å². The number of amides is 1. The summed E-state index contributed by atoms with van der Waals surface area (Å²) in [5.74, 6) is -0.0397. The summed E-state index contributed by atoms with van der Waals surface area (Å²) in [5, 5.41) is 2.81. The molecule has 0 aliphatic carbocycles. The topological polar surface area (TPSA) is 75.9 Å². The minimum absolute atomic E-state index is 0.234. The first-order valence-corrected chi connectivity index (χ1v) is 10.2. The number of ether oxygens (including phenoxy) is 1. The SMILES string of the molecule is CCOc1ccc2c(c1)C(=c1sc3n(c1=O)CN(c1cccc(F)c1)CN=3)C(=O)N2. The minimum atomic E-state index is -0.350. The first-order valence-electron chi connectivity index (χ1n) is 9.42. The van der Waals surface area contributed by atoms with Crippen LogP contribution < -0.4 is 29.8 Å². The summed E-state index contributed by atoms with van der Waals surface area (Å²) in [6.45, 7) is 2.92. The van der Waals surface area contributed by atoms with Gasteiger partial charge < -0.3 is 15.0 Å². The zero-order valence-corrected chi connectivity index (χ0v) is 16.8. The molecule has 30 heavy (non-hydrogen) atoms. The van der Waals surface area contributed by atoms with Gasteiger partial charge in [-0.25, -0.2) is 9.38 Å². The molecule has 152 valence electrons. The van der Waals surface area contributed by atoms with Gasteiger partial charge >= 0.3 is 0 Å². The number of thiazole rings is 1. The van der Waals surface area contributed by atoms with Crippen LogP contribution in [0.4, 0.5) is 15.8 Å². The van der Waals surface area contributed by atoms with Crippen LogP contribution in [0.25, 0.3) is 5.57 Å². The van der Waals surface area contributed by atoms with Gasteiger partial charge in [0.1, 0.15) is 29.4 Å². The Morgan fingerprint density at radius 3 is 2.90 bits per heavy atom. The first kappa shape index (κ1) is 18.6. The molecule has 1 aromatic heterocycles. The van der Waals surface area contributed by atoms with Crippen molar-refractivity contribution < 1.29 is 13.9 Å². The Morgan fingerprint density at radius 2 is 2.10 bits per heavy atom. The molecular weight excluding hydrogens is 407 g/mol. The van der Waals surface area contributed by atoms with Crippen LogP contribution in [0.1, 0.15) is 12.5 Å². The van der Waals surface area contributed by atoms with E-state index in [2.05, 4.69) is 10.3 Å². The molecule has 0 fully saturated rings. The van der Waals surface area contributed by atoms with Crippen LogP contribution >= 0.6 is 11.3 Å². The van der Waals surface area contributed by atoms with Gasteiger partial charge in [0, 0.05) is 16.9 Å². The van der Waals surface area contributed by atoms with Crippen molar-refractivity contribution in [2.24, 2.45) is 4.99 Å². The molecule has 9 heteroatoms. The Morgan fingerprint density at radius 1 is 1.23 bits per heavy atom. The molecule has 1 N–H and O–H groups in total. The number of benzene rings is 2. The molecule has 2 aliphatic rings. The summed E-state index contributed by atoms with van der Waals surface area (Å²) in [4.78, 5) is 32.7. The Balaban J connectivity index is 1.63. The van der Waals surface area contributed by atoms with Crippen LogP contribution in [0.3, 0.4) is 0 Å². The van der Waals surface area contributed by atoms with E-state index < -0.39 is 0 Å². The smallest absolute Gasteiger partial charge is 0.272 e. The molecule has 2 aromatic carbocycles. The van der Waals surface area contributed by atoms with Gasteiger partial charge in [0.05, 0.1) is 12.2 Å². The fourth-order valence-corrected chi connectivity index (χ4v) is 4.68. The molecule has 2 aliphatic heterocycles. The lowest BCUT2D eigenvalue weighted by molar-refractivity contribution is -0.110. The molecule has 0 saturated heterocycles. The number of halogens is 1. The van der Waals surface area contributed by atoms with E-state index in [-0.39, 0.29) is 24.0 Å². The second kappa shape index (κ2) is 7.10. The van der Waals surface area contributed by atoms with Crippen molar-refractivity contribution in [3.63, 3.8) is 0 Å². The Bertz CT molecular complexity index is 1360. The summed E-state index contributed by atoms with van der Waals surface area (Å²) in [6, 6.07) is 11.5. The summed E-state index contributed by atoms with van der Waals surface area (Å²) < 4.78 is 21.0. The average molecular weight is 424 g/mol. The zero-order valence-electron chi connectivity index (χ0n) is 16.0. The summed E-state index contributed by atoms with van der Waals surface area (Å²) in [7, 11) is 0. The quantitative estimate of drug-likeness (QED) is 0.694. The Kier molecular flexibility index (Phi) is 4.39. The third kappa shape index (κ3) is 2.98. The summed E-state index contributed by atoms with van der Waals surface area (Å²) >= 11 is 1.19. The normalized spacial score (nSPS) is 16.6. The molecule has 3 aromatic rings. The maximum Gasteiger partial charge on any atom is 0.272 e. The number of aromatic nitrogens is 1. The van der Waals surface area contributed by atoms with E-state index >= 15 is 0 Å². The fraction of sp³-hybridized carbons (Fsp3) is 0.190. The fourth-order valence-electron chi connectivity index (χ4n) is 3.63. The molecule has 0 radical (unpaired) electrons. The number of carbonyl (C=O) groups is 1. The first-order chi connectivity index (χ1) is 14.5. The summed E-state index contributed by atoms with van der Waals surface area (Å²) in [5.41, 5.74) is 1.97. The van der Waals surface area contributed by atoms with Gasteiger partial charge in [-0.05, 0) is 43.3 Å². The van der Waals surface area contributed by atoms with Crippen LogP contribution in [-0.2, 0) is 11.5 Å². The van der Waals surface area contributed by atoms with Crippen molar-refractivity contribution in [2.45, 2.75) is 13.6 Å². The maximum atomic E-state index is 13.6. The van der Waals surface area contributed by atoms with E-state index in [0.717, 1.165) is 0 Å². The van der Waals surface area contributed by atoms with Gasteiger partial charge in [-0.2, -0.15) is 0 Å². The summed E-state index contributed by atoms with van der Waals surface area (Å²) in [6.07, 6.45) is 0. The molecule has 0 spiro atoms. The third-order valence-corrected chi connectivity index (χ3v) is 6.11. The zero-order chi connectivity index (χ0) is 20.8. The van der Waals surface area contributed by atoms with Gasteiger partial charge in [-0.1, -0.05) is 17.4 Å². The number of nitrogens with zero attached hydrogens (tertiary/aromatic N) is 3. The molecule has 0 saturated carbocycles. The number of anilines is 2. The highest BCUT2D eigenvalue weighted by Crippen LogP contribution is 2.33. The Labute approximate surface area is 174 Å². The molecule has 3 heterocycles. The third-order valence-electron chi connectivity index (χ3n) is 5.00. The van der Waals surface area contributed by atoms with Crippen LogP contribution in [0.15, 0.2) is 52.3 Å². The lowest BCUT2D eigenvalue weighted by atomic mass is 10.1. The molecular formula is C21H17FN4O3S. The molecule has 5 rings (SSSR count). The van der Waals surface area contributed by atoms with E-state index in [4.69, 9.17) is 4.74 Å². The average Bonchev–Trinajstić information content (AvgIpc) is 3.23. The highest BCUT2D eigenvalue weighted by atomic mass is 32.1. The van der Waals surface area contributed by atoms with Crippen molar-refractivity contribution in [1.29, 1.82) is 0 Å². The highest BCUT2D eigenvalue weighted by molar-refractivity contribution is 7.07. The van der Waals surface area contributed by atoms with Gasteiger partial charge in [0.25, 0.3) is 11.5 Å². The maximum absolute atomic E-state index is 13.6. The van der Waals surface area contributed by atoms with Crippen LogP contribution in [0, 0.1) is 5.82 Å². The molecule has 1 amide bonds. The number of fused-ring (bicyclic) bond motifs is 2. The van der Waals surface area contributed by atoms with Gasteiger partial charge in [-0.3, -0.25) is 14.2 Å². The second-order valence-corrected chi connectivity index (χ2v) is 7.85. The van der Waals surface area contributed by atoms with E-state index in [1.165, 1.54) is 28.0 Å². The van der Waals surface area contributed by atoms with Gasteiger partial charge in [0.15, 0.2) is 4.80 Å². The number of rotatable bonds is 3. The van der Waals surface area contributed by atoms with Crippen molar-refractivity contribution in [1.82, 2.24) is 4.57 Å². The highest BCUT2D eigenvalue weighted by Gasteiger charge is 2.28. The van der Waals surface area contributed by atoms with E-state index in [0.29, 0.717) is 50.9 Å². The number of hydrogen-bond acceptors (Lipinski definition) is 6. The van der Waals surface area contributed by atoms with Gasteiger partial charge in [-0.15, -0.1) is 0 Å². The largest absolute Gasteiger partial charge is 0.494 e. The van der Waals surface area contributed by atoms with Crippen molar-refractivity contribution in [2.75, 3.05) is 23.5 Å². The van der Waals surface area contributed by atoms with Gasteiger partial charge in [0.2, 0.25) is 0 Å². The van der Waals surface area contributed by atoms with Crippen LogP contribution in [0.2, 0.25) is 0 Å². The monoisotopic (exact) mass is 424 g/mol. The molecule has 7 nitrogen and oxygen atoms in total. The predicted molar refractivity (Wildman–Crippen MR) is 112 cm³/mol. The molecule has 0 bridgehead atoms. The van der Waals surface area contributed by atoms with E-state index in [9.17, 15) is 14.0 Å². The molecule has 0 unspecified atom stereocenters. The number of carbonyl (C=O) groups excluding carboxylic acids is 1. The molecule has 0 atom stereocenters. The van der Waals surface area contributed by atoms with Crippen LogP contribution in [0.5, 0.6) is 5.75 Å². The standard InChI is InChI=1S/C21H17FN4O3S/c1-2-29-14-6-7-16-15(9-14)17(19(27)24-16)18-20(28)26-11-25(10-23-21(26)30-18)13-5-3-4-12(22)8-13/h3-9H,2,10-11H2,1H3,(H,24,27). The minimum Gasteiger partial charge on any atom is -0.494 e. The predicted octanol–water partition coefficient (Wildman–Crippen LogP) is 1.65. The van der Waals surface area contributed by atoms with Crippen molar-refractivity contribution in [3.8, 4) is 5.75 Å². The number of nitrogens with one attached hydrogen (secondary N) is 1.